The van der Waals surface area contributed by atoms with Gasteiger partial charge in [0.1, 0.15) is 0 Å². The zero-order chi connectivity index (χ0) is 11.9. The van der Waals surface area contributed by atoms with Crippen LogP contribution >= 0.6 is 23.2 Å². The lowest BCUT2D eigenvalue weighted by atomic mass is 9.63. The Labute approximate surface area is 103 Å². The Morgan fingerprint density at radius 2 is 1.75 bits per heavy atom. The Morgan fingerprint density at radius 3 is 2.12 bits per heavy atom. The summed E-state index contributed by atoms with van der Waals surface area (Å²) >= 11 is 11.7. The highest BCUT2D eigenvalue weighted by molar-refractivity contribution is 6.34. The summed E-state index contributed by atoms with van der Waals surface area (Å²) in [5, 5.41) is 19.4. The fraction of sp³-hybridized carbons (Fsp3) is 0.364. The Bertz CT molecular complexity index is 419. The third kappa shape index (κ3) is 1.79. The average Bonchev–Trinajstić information content (AvgIpc) is 2.10. The first-order chi connectivity index (χ1) is 7.44. The summed E-state index contributed by atoms with van der Waals surface area (Å²) in [7, 11) is 0. The SMILES string of the molecule is O=C(O)[C@]1(c2cc(Cl)cc(Cl)c2)C[C@H](O)C1. The molecule has 5 heteroatoms. The molecule has 0 aromatic heterocycles. The van der Waals surface area contributed by atoms with E-state index in [-0.39, 0.29) is 12.8 Å². The molecule has 16 heavy (non-hydrogen) atoms. The normalized spacial score (nSPS) is 28.6. The van der Waals surface area contributed by atoms with Gasteiger partial charge in [0, 0.05) is 10.0 Å². The molecule has 2 rings (SSSR count). The van der Waals surface area contributed by atoms with E-state index in [0.29, 0.717) is 15.6 Å². The van der Waals surface area contributed by atoms with Gasteiger partial charge in [-0.3, -0.25) is 4.79 Å². The van der Waals surface area contributed by atoms with Crippen molar-refractivity contribution in [2.24, 2.45) is 0 Å². The molecule has 86 valence electrons. The van der Waals surface area contributed by atoms with E-state index < -0.39 is 17.5 Å². The first kappa shape index (κ1) is 11.7. The van der Waals surface area contributed by atoms with E-state index in [9.17, 15) is 15.0 Å². The third-order valence-electron chi connectivity index (χ3n) is 2.99. The predicted octanol–water partition coefficient (Wildman–Crippen LogP) is 2.47. The molecule has 0 amide bonds. The van der Waals surface area contributed by atoms with Crippen LogP contribution in [0.15, 0.2) is 18.2 Å². The molecule has 0 unspecified atom stereocenters. The first-order valence-electron chi connectivity index (χ1n) is 4.82. The van der Waals surface area contributed by atoms with Gasteiger partial charge in [0.25, 0.3) is 0 Å². The Balaban J connectivity index is 2.45. The fourth-order valence-corrected chi connectivity index (χ4v) is 2.63. The van der Waals surface area contributed by atoms with Crippen molar-refractivity contribution < 1.29 is 15.0 Å². The summed E-state index contributed by atoms with van der Waals surface area (Å²) < 4.78 is 0. The number of rotatable bonds is 2. The molecule has 0 spiro atoms. The molecule has 3 nitrogen and oxygen atoms in total. The monoisotopic (exact) mass is 260 g/mol. The van der Waals surface area contributed by atoms with E-state index in [1.807, 2.05) is 0 Å². The van der Waals surface area contributed by atoms with E-state index in [4.69, 9.17) is 23.2 Å². The molecule has 1 aromatic carbocycles. The van der Waals surface area contributed by atoms with Crippen molar-refractivity contribution in [3.05, 3.63) is 33.8 Å². The maximum absolute atomic E-state index is 11.3. The molecule has 1 aliphatic rings. The number of carboxylic acids is 1. The molecule has 0 heterocycles. The van der Waals surface area contributed by atoms with Gasteiger partial charge in [-0.1, -0.05) is 23.2 Å². The summed E-state index contributed by atoms with van der Waals surface area (Å²) in [5.41, 5.74) is -0.476. The van der Waals surface area contributed by atoms with Gasteiger partial charge in [-0.25, -0.2) is 0 Å². The predicted molar refractivity (Wildman–Crippen MR) is 61.0 cm³/mol. The van der Waals surface area contributed by atoms with Crippen LogP contribution in [0.5, 0.6) is 0 Å². The van der Waals surface area contributed by atoms with Gasteiger partial charge >= 0.3 is 5.97 Å². The highest BCUT2D eigenvalue weighted by Gasteiger charge is 2.51. The molecule has 0 radical (unpaired) electrons. The van der Waals surface area contributed by atoms with E-state index >= 15 is 0 Å². The molecule has 2 N–H and O–H groups in total. The van der Waals surface area contributed by atoms with Gasteiger partial charge in [-0.15, -0.1) is 0 Å². The van der Waals surface area contributed by atoms with Gasteiger partial charge in [-0.05, 0) is 36.6 Å². The quantitative estimate of drug-likeness (QED) is 0.859. The molecule has 1 aromatic rings. The maximum atomic E-state index is 11.3. The van der Waals surface area contributed by atoms with Crippen molar-refractivity contribution in [3.8, 4) is 0 Å². The largest absolute Gasteiger partial charge is 0.481 e. The highest BCUT2D eigenvalue weighted by Crippen LogP contribution is 2.45. The van der Waals surface area contributed by atoms with Crippen molar-refractivity contribution >= 4 is 29.2 Å². The summed E-state index contributed by atoms with van der Waals surface area (Å²) in [6.45, 7) is 0. The lowest BCUT2D eigenvalue weighted by molar-refractivity contribution is -0.152. The number of aliphatic hydroxyl groups is 1. The minimum absolute atomic E-state index is 0.207. The molecule has 0 aliphatic heterocycles. The van der Waals surface area contributed by atoms with Gasteiger partial charge in [0.05, 0.1) is 11.5 Å². The van der Waals surface area contributed by atoms with Gasteiger partial charge in [0.15, 0.2) is 0 Å². The van der Waals surface area contributed by atoms with E-state index in [1.54, 1.807) is 18.2 Å². The third-order valence-corrected chi connectivity index (χ3v) is 3.43. The number of hydrogen-bond donors (Lipinski definition) is 2. The fourth-order valence-electron chi connectivity index (χ4n) is 2.11. The second-order valence-electron chi connectivity index (χ2n) is 4.11. The van der Waals surface area contributed by atoms with Crippen molar-refractivity contribution in [2.75, 3.05) is 0 Å². The van der Waals surface area contributed by atoms with Crippen LogP contribution in [0.25, 0.3) is 0 Å². The Kier molecular flexibility index (Phi) is 2.86. The molecular weight excluding hydrogens is 251 g/mol. The Hall–Kier alpha value is -0.770. The van der Waals surface area contributed by atoms with Crippen LogP contribution in [0.2, 0.25) is 10.0 Å². The second kappa shape index (κ2) is 3.91. The van der Waals surface area contributed by atoms with E-state index in [1.165, 1.54) is 0 Å². The number of aliphatic carboxylic acids is 1. The molecule has 0 bridgehead atoms. The van der Waals surface area contributed by atoms with Crippen LogP contribution < -0.4 is 0 Å². The van der Waals surface area contributed by atoms with Crippen molar-refractivity contribution in [3.63, 3.8) is 0 Å². The van der Waals surface area contributed by atoms with Crippen LogP contribution in [-0.4, -0.2) is 22.3 Å². The summed E-state index contributed by atoms with van der Waals surface area (Å²) in [5.74, 6) is -0.948. The minimum atomic E-state index is -1.03. The van der Waals surface area contributed by atoms with Gasteiger partial charge < -0.3 is 10.2 Å². The number of carboxylic acid groups (broad SMARTS) is 1. The van der Waals surface area contributed by atoms with Crippen LogP contribution in [0.1, 0.15) is 18.4 Å². The zero-order valence-corrected chi connectivity index (χ0v) is 9.79. The van der Waals surface area contributed by atoms with Gasteiger partial charge in [0.2, 0.25) is 0 Å². The summed E-state index contributed by atoms with van der Waals surface area (Å²) in [6, 6.07) is 4.73. The number of hydrogen-bond acceptors (Lipinski definition) is 2. The lowest BCUT2D eigenvalue weighted by Gasteiger charge is -2.42. The molecule has 1 aliphatic carbocycles. The van der Waals surface area contributed by atoms with Crippen LogP contribution in [0.3, 0.4) is 0 Å². The van der Waals surface area contributed by atoms with Crippen LogP contribution in [0.4, 0.5) is 0 Å². The number of benzene rings is 1. The lowest BCUT2D eigenvalue weighted by Crippen LogP contribution is -2.50. The van der Waals surface area contributed by atoms with E-state index in [2.05, 4.69) is 0 Å². The number of halogens is 2. The first-order valence-corrected chi connectivity index (χ1v) is 5.58. The summed E-state index contributed by atoms with van der Waals surface area (Å²) in [6.07, 6.45) is -0.147. The molecule has 0 saturated heterocycles. The Morgan fingerprint density at radius 1 is 1.25 bits per heavy atom. The number of carbonyl (C=O) groups is 1. The molecular formula is C11H10Cl2O3. The average molecular weight is 261 g/mol. The summed E-state index contributed by atoms with van der Waals surface area (Å²) in [4.78, 5) is 11.3. The zero-order valence-electron chi connectivity index (χ0n) is 8.28. The van der Waals surface area contributed by atoms with Crippen molar-refractivity contribution in [1.82, 2.24) is 0 Å². The highest BCUT2D eigenvalue weighted by atomic mass is 35.5. The van der Waals surface area contributed by atoms with Crippen LogP contribution in [-0.2, 0) is 10.2 Å². The smallest absolute Gasteiger partial charge is 0.314 e. The molecule has 1 saturated carbocycles. The van der Waals surface area contributed by atoms with Crippen molar-refractivity contribution in [2.45, 2.75) is 24.4 Å². The number of aliphatic hydroxyl groups excluding tert-OH is 1. The second-order valence-corrected chi connectivity index (χ2v) is 4.98. The standard InChI is InChI=1S/C11H10Cl2O3/c12-7-1-6(2-8(13)3-7)11(10(15)16)4-9(14)5-11/h1-3,9,14H,4-5H2,(H,15,16)/t9-,11+. The van der Waals surface area contributed by atoms with E-state index in [0.717, 1.165) is 0 Å². The molecule has 0 atom stereocenters. The van der Waals surface area contributed by atoms with Crippen LogP contribution in [0, 0.1) is 0 Å². The molecule has 1 fully saturated rings. The van der Waals surface area contributed by atoms with Gasteiger partial charge in [-0.2, -0.15) is 0 Å². The topological polar surface area (TPSA) is 57.5 Å². The minimum Gasteiger partial charge on any atom is -0.481 e. The maximum Gasteiger partial charge on any atom is 0.314 e. The van der Waals surface area contributed by atoms with Crippen molar-refractivity contribution in [1.29, 1.82) is 0 Å².